The van der Waals surface area contributed by atoms with Crippen LogP contribution in [0, 0.1) is 0 Å². The fraction of sp³-hybridized carbons (Fsp3) is 0. The molecule has 0 aliphatic carbocycles. The zero-order valence-corrected chi connectivity index (χ0v) is 12.2. The maximum absolute atomic E-state index is 12.8. The van der Waals surface area contributed by atoms with Crippen LogP contribution in [0.3, 0.4) is 0 Å². The minimum absolute atomic E-state index is 0.149. The van der Waals surface area contributed by atoms with Gasteiger partial charge in [-0.15, -0.1) is 11.3 Å². The average Bonchev–Trinajstić information content (AvgIpc) is 2.48. The van der Waals surface area contributed by atoms with Gasteiger partial charge in [-0.25, -0.2) is 0 Å². The first-order valence-corrected chi connectivity index (χ1v) is 7.52. The summed E-state index contributed by atoms with van der Waals surface area (Å²) in [6.07, 6.45) is 0. The maximum atomic E-state index is 12.8. The van der Waals surface area contributed by atoms with Gasteiger partial charge in [-0.3, -0.25) is 9.59 Å². The van der Waals surface area contributed by atoms with Crippen LogP contribution in [-0.2, 0) is 0 Å². The number of benzene rings is 2. The van der Waals surface area contributed by atoms with Crippen LogP contribution in [0.15, 0.2) is 52.1 Å². The fourth-order valence-electron chi connectivity index (χ4n) is 2.56. The van der Waals surface area contributed by atoms with Crippen molar-refractivity contribution >= 4 is 54.0 Å². The first kappa shape index (κ1) is 12.6. The molecule has 0 saturated heterocycles. The van der Waals surface area contributed by atoms with E-state index in [4.69, 9.17) is 11.6 Å². The van der Waals surface area contributed by atoms with Crippen molar-refractivity contribution in [2.24, 2.45) is 0 Å². The summed E-state index contributed by atoms with van der Waals surface area (Å²) >= 11 is 7.30. The Kier molecular flexibility index (Phi) is 2.64. The van der Waals surface area contributed by atoms with Gasteiger partial charge in [0.15, 0.2) is 5.43 Å². The average molecular weight is 314 g/mol. The monoisotopic (exact) mass is 313 g/mol. The van der Waals surface area contributed by atoms with Crippen LogP contribution >= 0.6 is 22.9 Å². The summed E-state index contributed by atoms with van der Waals surface area (Å²) in [5.74, 6) is 0. The lowest BCUT2D eigenvalue weighted by Crippen LogP contribution is -2.11. The third kappa shape index (κ3) is 1.80. The Morgan fingerprint density at radius 3 is 2.67 bits per heavy atom. The van der Waals surface area contributed by atoms with Gasteiger partial charge in [-0.1, -0.05) is 29.8 Å². The molecule has 0 unspecified atom stereocenters. The number of aromatic amines is 1. The van der Waals surface area contributed by atoms with E-state index in [1.807, 2.05) is 18.2 Å². The lowest BCUT2D eigenvalue weighted by Gasteiger charge is -2.04. The third-order valence-electron chi connectivity index (χ3n) is 3.50. The van der Waals surface area contributed by atoms with Crippen molar-refractivity contribution in [3.63, 3.8) is 0 Å². The molecule has 0 spiro atoms. The van der Waals surface area contributed by atoms with Crippen LogP contribution in [0.5, 0.6) is 0 Å². The van der Waals surface area contributed by atoms with Gasteiger partial charge >= 0.3 is 0 Å². The van der Waals surface area contributed by atoms with E-state index in [0.717, 1.165) is 10.1 Å². The molecule has 3 nitrogen and oxygen atoms in total. The summed E-state index contributed by atoms with van der Waals surface area (Å²) in [7, 11) is 0. The first-order chi connectivity index (χ1) is 10.1. The van der Waals surface area contributed by atoms with Crippen LogP contribution in [0.2, 0.25) is 5.02 Å². The van der Waals surface area contributed by atoms with Crippen molar-refractivity contribution in [2.45, 2.75) is 0 Å². The SMILES string of the molecule is O=c1[nH]c2ccccc2c2c(=O)c3cc(Cl)ccc3sc12. The van der Waals surface area contributed by atoms with E-state index in [1.54, 1.807) is 24.3 Å². The number of para-hydroxylation sites is 1. The molecule has 21 heavy (non-hydrogen) atoms. The molecule has 0 bridgehead atoms. The van der Waals surface area contributed by atoms with Crippen molar-refractivity contribution in [3.8, 4) is 0 Å². The summed E-state index contributed by atoms with van der Waals surface area (Å²) in [4.78, 5) is 27.9. The van der Waals surface area contributed by atoms with Gasteiger partial charge in [0.1, 0.15) is 4.70 Å². The molecule has 2 heterocycles. The molecular weight excluding hydrogens is 306 g/mol. The Morgan fingerprint density at radius 2 is 1.81 bits per heavy atom. The fourth-order valence-corrected chi connectivity index (χ4v) is 3.80. The lowest BCUT2D eigenvalue weighted by molar-refractivity contribution is 1.35. The number of aromatic nitrogens is 1. The molecule has 0 saturated carbocycles. The number of halogens is 1. The summed E-state index contributed by atoms with van der Waals surface area (Å²) in [6.45, 7) is 0. The van der Waals surface area contributed by atoms with E-state index >= 15 is 0 Å². The zero-order valence-electron chi connectivity index (χ0n) is 10.6. The molecule has 0 aliphatic rings. The van der Waals surface area contributed by atoms with Gasteiger partial charge in [0, 0.05) is 26.0 Å². The minimum Gasteiger partial charge on any atom is -0.321 e. The molecule has 0 amide bonds. The zero-order chi connectivity index (χ0) is 14.6. The highest BCUT2D eigenvalue weighted by Gasteiger charge is 2.12. The highest BCUT2D eigenvalue weighted by atomic mass is 35.5. The normalized spacial score (nSPS) is 11.5. The van der Waals surface area contributed by atoms with Gasteiger partial charge in [-0.2, -0.15) is 0 Å². The molecule has 0 radical (unpaired) electrons. The quantitative estimate of drug-likeness (QED) is 0.395. The number of rotatable bonds is 0. The van der Waals surface area contributed by atoms with E-state index in [9.17, 15) is 9.59 Å². The molecule has 0 fully saturated rings. The molecule has 4 rings (SSSR count). The van der Waals surface area contributed by atoms with E-state index in [1.165, 1.54) is 11.3 Å². The topological polar surface area (TPSA) is 49.9 Å². The van der Waals surface area contributed by atoms with Gasteiger partial charge in [0.2, 0.25) is 0 Å². The van der Waals surface area contributed by atoms with Crippen molar-refractivity contribution in [3.05, 3.63) is 68.1 Å². The number of H-pyrrole nitrogens is 1. The predicted molar refractivity (Wildman–Crippen MR) is 88.7 cm³/mol. The van der Waals surface area contributed by atoms with Crippen LogP contribution in [0.1, 0.15) is 0 Å². The molecular formula is C16H8ClNO2S. The van der Waals surface area contributed by atoms with Crippen LogP contribution < -0.4 is 11.0 Å². The standard InChI is InChI=1S/C16H8ClNO2S/c17-8-5-6-12-10(7-8)14(19)13-9-3-1-2-4-11(9)18-16(20)15(13)21-12/h1-7H,(H,18,20). The van der Waals surface area contributed by atoms with Crippen molar-refractivity contribution in [1.29, 1.82) is 0 Å². The number of pyridine rings is 1. The maximum Gasteiger partial charge on any atom is 0.266 e. The van der Waals surface area contributed by atoms with E-state index in [0.29, 0.717) is 26.0 Å². The molecule has 0 atom stereocenters. The van der Waals surface area contributed by atoms with Crippen molar-refractivity contribution in [2.75, 3.05) is 0 Å². The third-order valence-corrected chi connectivity index (χ3v) is 4.91. The summed E-state index contributed by atoms with van der Waals surface area (Å²) < 4.78 is 1.21. The van der Waals surface area contributed by atoms with E-state index in [2.05, 4.69) is 4.98 Å². The van der Waals surface area contributed by atoms with Gasteiger partial charge in [-0.05, 0) is 24.3 Å². The molecule has 5 heteroatoms. The highest BCUT2D eigenvalue weighted by molar-refractivity contribution is 7.24. The molecule has 102 valence electrons. The largest absolute Gasteiger partial charge is 0.321 e. The Balaban J connectivity index is 2.41. The number of fused-ring (bicyclic) bond motifs is 4. The predicted octanol–water partition coefficient (Wildman–Crippen LogP) is 3.91. The molecule has 1 N–H and O–H groups in total. The van der Waals surface area contributed by atoms with E-state index < -0.39 is 0 Å². The number of nitrogens with one attached hydrogen (secondary N) is 1. The van der Waals surface area contributed by atoms with Crippen LogP contribution in [-0.4, -0.2) is 4.98 Å². The van der Waals surface area contributed by atoms with Crippen LogP contribution in [0.4, 0.5) is 0 Å². The van der Waals surface area contributed by atoms with E-state index in [-0.39, 0.29) is 11.0 Å². The Morgan fingerprint density at radius 1 is 1.00 bits per heavy atom. The number of hydrogen-bond acceptors (Lipinski definition) is 3. The Bertz CT molecular complexity index is 1140. The van der Waals surface area contributed by atoms with Gasteiger partial charge < -0.3 is 4.98 Å². The molecule has 2 aromatic carbocycles. The summed E-state index contributed by atoms with van der Waals surface area (Å²) in [5, 5.41) is 2.29. The van der Waals surface area contributed by atoms with Gasteiger partial charge in [0.25, 0.3) is 5.56 Å². The second-order valence-corrected chi connectivity index (χ2v) is 6.26. The van der Waals surface area contributed by atoms with Crippen molar-refractivity contribution in [1.82, 2.24) is 4.98 Å². The minimum atomic E-state index is -0.234. The smallest absolute Gasteiger partial charge is 0.266 e. The molecule has 0 aliphatic heterocycles. The van der Waals surface area contributed by atoms with Gasteiger partial charge in [0.05, 0.1) is 5.39 Å². The first-order valence-electron chi connectivity index (χ1n) is 6.32. The second-order valence-electron chi connectivity index (χ2n) is 4.78. The summed E-state index contributed by atoms with van der Waals surface area (Å²) in [6, 6.07) is 12.5. The molecule has 4 aromatic rings. The Hall–Kier alpha value is -2.17. The second kappa shape index (κ2) is 4.41. The summed E-state index contributed by atoms with van der Waals surface area (Å²) in [5.41, 5.74) is 0.284. The van der Waals surface area contributed by atoms with Crippen LogP contribution in [0.25, 0.3) is 31.1 Å². The molecule has 2 aromatic heterocycles. The van der Waals surface area contributed by atoms with Crippen molar-refractivity contribution < 1.29 is 0 Å². The number of hydrogen-bond donors (Lipinski definition) is 1. The Labute approximate surface area is 127 Å². The lowest BCUT2D eigenvalue weighted by atomic mass is 10.1. The highest BCUT2D eigenvalue weighted by Crippen LogP contribution is 2.27.